The van der Waals surface area contributed by atoms with E-state index in [4.69, 9.17) is 5.73 Å². The van der Waals surface area contributed by atoms with Crippen LogP contribution in [0.3, 0.4) is 0 Å². The third-order valence-corrected chi connectivity index (χ3v) is 4.75. The summed E-state index contributed by atoms with van der Waals surface area (Å²) in [6, 6.07) is 4.10. The van der Waals surface area contributed by atoms with Gasteiger partial charge in [-0.05, 0) is 43.7 Å². The first kappa shape index (κ1) is 15.5. The van der Waals surface area contributed by atoms with Gasteiger partial charge in [-0.1, -0.05) is 13.0 Å². The molecule has 2 heterocycles. The summed E-state index contributed by atoms with van der Waals surface area (Å²) < 4.78 is 1.89. The average molecular weight is 314 g/mol. The Morgan fingerprint density at radius 1 is 1.39 bits per heavy atom. The summed E-state index contributed by atoms with van der Waals surface area (Å²) in [6.07, 6.45) is 5.93. The van der Waals surface area contributed by atoms with Crippen molar-refractivity contribution in [3.63, 3.8) is 0 Å². The molecule has 0 spiro atoms. The van der Waals surface area contributed by atoms with Gasteiger partial charge in [0.05, 0.1) is 23.3 Å². The number of nitrogens with two attached hydrogens (primary N) is 1. The molecule has 0 saturated heterocycles. The fourth-order valence-electron chi connectivity index (χ4n) is 3.37. The summed E-state index contributed by atoms with van der Waals surface area (Å²) in [4.78, 5) is 15.6. The minimum absolute atomic E-state index is 0.137. The first-order valence-electron chi connectivity index (χ1n) is 7.96. The monoisotopic (exact) mass is 314 g/mol. The molecule has 0 aliphatic heterocycles. The number of carbonyl (C=O) groups is 1. The zero-order chi connectivity index (χ0) is 16.6. The molecule has 1 aliphatic carbocycles. The summed E-state index contributed by atoms with van der Waals surface area (Å²) >= 11 is 0. The lowest BCUT2D eigenvalue weighted by Crippen LogP contribution is -2.30. The lowest BCUT2D eigenvalue weighted by Gasteiger charge is -2.31. The minimum Gasteiger partial charge on any atom is -0.481 e. The summed E-state index contributed by atoms with van der Waals surface area (Å²) in [7, 11) is 0. The number of aromatic nitrogens is 3. The maximum Gasteiger partial charge on any atom is 0.306 e. The van der Waals surface area contributed by atoms with E-state index in [0.717, 1.165) is 24.1 Å². The molecule has 2 aromatic rings. The Bertz CT molecular complexity index is 708. The molecule has 0 bridgehead atoms. The highest BCUT2D eigenvalue weighted by Gasteiger charge is 2.33. The first-order chi connectivity index (χ1) is 11.0. The number of aryl methyl sites for hydroxylation is 1. The van der Waals surface area contributed by atoms with Gasteiger partial charge in [0.15, 0.2) is 0 Å². The Morgan fingerprint density at radius 2 is 2.17 bits per heavy atom. The molecule has 2 aromatic heterocycles. The normalized spacial score (nSPS) is 24.5. The Labute approximate surface area is 135 Å². The molecule has 0 radical (unpaired) electrons. The SMILES string of the molecule is Cc1ccc(-c2nn(C3CCC(C(=O)O)C(C)C3)cc2N)nc1. The standard InChI is InChI=1S/C17H22N4O2/c1-10-3-6-15(19-8-10)16-14(18)9-21(20-16)12-4-5-13(17(22)23)11(2)7-12/h3,6,8-9,11-13H,4-5,7,18H2,1-2H3,(H,22,23). The summed E-state index contributed by atoms with van der Waals surface area (Å²) in [5, 5.41) is 13.9. The molecular formula is C17H22N4O2. The van der Waals surface area contributed by atoms with Crippen LogP contribution in [0.1, 0.15) is 37.8 Å². The van der Waals surface area contributed by atoms with Crippen LogP contribution >= 0.6 is 0 Å². The van der Waals surface area contributed by atoms with Crippen molar-refractivity contribution in [3.8, 4) is 11.4 Å². The van der Waals surface area contributed by atoms with Crippen molar-refractivity contribution in [2.45, 2.75) is 39.2 Å². The van der Waals surface area contributed by atoms with Gasteiger partial charge in [0.2, 0.25) is 0 Å². The number of rotatable bonds is 3. The average Bonchev–Trinajstić information content (AvgIpc) is 2.89. The molecule has 1 fully saturated rings. The summed E-state index contributed by atoms with van der Waals surface area (Å²) in [5.74, 6) is -0.810. The molecule has 6 heteroatoms. The molecule has 122 valence electrons. The van der Waals surface area contributed by atoms with Crippen molar-refractivity contribution >= 4 is 11.7 Å². The number of anilines is 1. The van der Waals surface area contributed by atoms with Gasteiger partial charge in [-0.2, -0.15) is 5.10 Å². The topological polar surface area (TPSA) is 94.0 Å². The zero-order valence-electron chi connectivity index (χ0n) is 13.4. The third kappa shape index (κ3) is 3.06. The second kappa shape index (κ2) is 6.02. The maximum absolute atomic E-state index is 11.2. The van der Waals surface area contributed by atoms with Crippen LogP contribution in [0.25, 0.3) is 11.4 Å². The molecule has 1 aliphatic rings. The van der Waals surface area contributed by atoms with Crippen LogP contribution in [0.2, 0.25) is 0 Å². The summed E-state index contributed by atoms with van der Waals surface area (Å²) in [5.41, 5.74) is 9.26. The van der Waals surface area contributed by atoms with Crippen molar-refractivity contribution in [2.24, 2.45) is 11.8 Å². The minimum atomic E-state index is -0.694. The van der Waals surface area contributed by atoms with Crippen LogP contribution in [0.15, 0.2) is 24.5 Å². The largest absolute Gasteiger partial charge is 0.481 e. The van der Waals surface area contributed by atoms with Crippen molar-refractivity contribution in [1.82, 2.24) is 14.8 Å². The van der Waals surface area contributed by atoms with Crippen molar-refractivity contribution in [3.05, 3.63) is 30.1 Å². The van der Waals surface area contributed by atoms with Crippen molar-refractivity contribution < 1.29 is 9.90 Å². The number of nitrogen functional groups attached to an aromatic ring is 1. The van der Waals surface area contributed by atoms with Gasteiger partial charge in [0.25, 0.3) is 0 Å². The number of hydrogen-bond donors (Lipinski definition) is 2. The predicted molar refractivity (Wildman–Crippen MR) is 87.8 cm³/mol. The van der Waals surface area contributed by atoms with Crippen LogP contribution in [0.5, 0.6) is 0 Å². The number of pyridine rings is 1. The molecule has 0 amide bonds. The second-order valence-corrected chi connectivity index (χ2v) is 6.52. The van der Waals surface area contributed by atoms with E-state index in [1.165, 1.54) is 0 Å². The van der Waals surface area contributed by atoms with Gasteiger partial charge >= 0.3 is 5.97 Å². The Balaban J connectivity index is 1.81. The number of carboxylic acids is 1. The van der Waals surface area contributed by atoms with Gasteiger partial charge < -0.3 is 10.8 Å². The predicted octanol–water partition coefficient (Wildman–Crippen LogP) is 2.90. The Morgan fingerprint density at radius 3 is 2.78 bits per heavy atom. The van der Waals surface area contributed by atoms with E-state index < -0.39 is 5.97 Å². The van der Waals surface area contributed by atoms with E-state index in [-0.39, 0.29) is 17.9 Å². The van der Waals surface area contributed by atoms with Gasteiger partial charge in [0, 0.05) is 12.4 Å². The number of hydrogen-bond acceptors (Lipinski definition) is 4. The quantitative estimate of drug-likeness (QED) is 0.908. The molecule has 23 heavy (non-hydrogen) atoms. The maximum atomic E-state index is 11.2. The number of aliphatic carboxylic acids is 1. The lowest BCUT2D eigenvalue weighted by atomic mass is 9.78. The Kier molecular flexibility index (Phi) is 4.07. The van der Waals surface area contributed by atoms with E-state index in [0.29, 0.717) is 17.8 Å². The van der Waals surface area contributed by atoms with E-state index >= 15 is 0 Å². The van der Waals surface area contributed by atoms with Crippen molar-refractivity contribution in [1.29, 1.82) is 0 Å². The lowest BCUT2D eigenvalue weighted by molar-refractivity contribution is -0.145. The van der Waals surface area contributed by atoms with E-state index in [1.54, 1.807) is 6.20 Å². The van der Waals surface area contributed by atoms with E-state index in [9.17, 15) is 9.90 Å². The summed E-state index contributed by atoms with van der Waals surface area (Å²) in [6.45, 7) is 3.99. The Hall–Kier alpha value is -2.37. The van der Waals surface area contributed by atoms with E-state index in [2.05, 4.69) is 10.1 Å². The van der Waals surface area contributed by atoms with Gasteiger partial charge in [0.1, 0.15) is 5.69 Å². The third-order valence-electron chi connectivity index (χ3n) is 4.75. The van der Waals surface area contributed by atoms with Gasteiger partial charge in [-0.15, -0.1) is 0 Å². The van der Waals surface area contributed by atoms with Crippen LogP contribution in [-0.2, 0) is 4.79 Å². The van der Waals surface area contributed by atoms with E-state index in [1.807, 2.05) is 36.9 Å². The molecule has 3 N–H and O–H groups in total. The smallest absolute Gasteiger partial charge is 0.306 e. The molecular weight excluding hydrogens is 292 g/mol. The van der Waals surface area contributed by atoms with Crippen molar-refractivity contribution in [2.75, 3.05) is 5.73 Å². The van der Waals surface area contributed by atoms with Gasteiger partial charge in [-0.25, -0.2) is 0 Å². The molecule has 3 unspecified atom stereocenters. The van der Waals surface area contributed by atoms with Gasteiger partial charge in [-0.3, -0.25) is 14.5 Å². The highest BCUT2D eigenvalue weighted by atomic mass is 16.4. The molecule has 0 aromatic carbocycles. The fourth-order valence-corrected chi connectivity index (χ4v) is 3.37. The number of carboxylic acid groups (broad SMARTS) is 1. The molecule has 3 rings (SSSR count). The van der Waals surface area contributed by atoms with Crippen LogP contribution in [0.4, 0.5) is 5.69 Å². The zero-order valence-corrected chi connectivity index (χ0v) is 13.4. The fraction of sp³-hybridized carbons (Fsp3) is 0.471. The highest BCUT2D eigenvalue weighted by molar-refractivity contribution is 5.70. The molecule has 6 nitrogen and oxygen atoms in total. The first-order valence-corrected chi connectivity index (χ1v) is 7.96. The number of nitrogens with zero attached hydrogens (tertiary/aromatic N) is 3. The second-order valence-electron chi connectivity index (χ2n) is 6.52. The molecule has 1 saturated carbocycles. The van der Waals surface area contributed by atoms with Crippen LogP contribution < -0.4 is 5.73 Å². The highest BCUT2D eigenvalue weighted by Crippen LogP contribution is 2.37. The van der Waals surface area contributed by atoms with Crippen LogP contribution in [0, 0.1) is 18.8 Å². The molecule has 3 atom stereocenters. The van der Waals surface area contributed by atoms with Crippen LogP contribution in [-0.4, -0.2) is 25.8 Å².